The molecule has 0 amide bonds. The van der Waals surface area contributed by atoms with Crippen molar-refractivity contribution in [3.8, 4) is 0 Å². The molecular formula is C14H33N3. The molecule has 3 heteroatoms. The van der Waals surface area contributed by atoms with Crippen molar-refractivity contribution in [1.29, 1.82) is 0 Å². The molecule has 0 saturated carbocycles. The van der Waals surface area contributed by atoms with Gasteiger partial charge in [0.2, 0.25) is 0 Å². The van der Waals surface area contributed by atoms with Gasteiger partial charge in [-0.25, -0.2) is 0 Å². The number of likely N-dealkylation sites (N-methyl/N-ethyl adjacent to an activating group) is 1. The lowest BCUT2D eigenvalue weighted by Gasteiger charge is -2.28. The number of nitrogens with zero attached hydrogens (tertiary/aromatic N) is 2. The summed E-state index contributed by atoms with van der Waals surface area (Å²) in [7, 11) is 4.29. The van der Waals surface area contributed by atoms with Crippen molar-refractivity contribution in [3.05, 3.63) is 0 Å². The maximum atomic E-state index is 3.55. The molecule has 0 fully saturated rings. The van der Waals surface area contributed by atoms with Gasteiger partial charge in [-0.2, -0.15) is 0 Å². The minimum absolute atomic E-state index is 0.652. The molecule has 1 atom stereocenters. The van der Waals surface area contributed by atoms with Crippen LogP contribution in [0.5, 0.6) is 0 Å². The molecule has 0 aliphatic rings. The Morgan fingerprint density at radius 2 is 1.76 bits per heavy atom. The van der Waals surface area contributed by atoms with Gasteiger partial charge in [0, 0.05) is 12.6 Å². The Morgan fingerprint density at radius 1 is 1.06 bits per heavy atom. The zero-order valence-electron chi connectivity index (χ0n) is 12.6. The van der Waals surface area contributed by atoms with Crippen LogP contribution < -0.4 is 5.32 Å². The van der Waals surface area contributed by atoms with Gasteiger partial charge in [-0.05, 0) is 60.0 Å². The predicted molar refractivity (Wildman–Crippen MR) is 77.7 cm³/mol. The summed E-state index contributed by atoms with van der Waals surface area (Å²) >= 11 is 0. The lowest BCUT2D eigenvalue weighted by atomic mass is 10.2. The Bertz CT molecular complexity index is 160. The average Bonchev–Trinajstić information content (AvgIpc) is 2.29. The average molecular weight is 243 g/mol. The molecule has 0 aromatic heterocycles. The van der Waals surface area contributed by atoms with Gasteiger partial charge in [-0.15, -0.1) is 0 Å². The van der Waals surface area contributed by atoms with Crippen LogP contribution in [0.1, 0.15) is 40.0 Å². The second kappa shape index (κ2) is 11.0. The SMILES string of the molecule is CCCCNCC(C)N(CC)CCCN(C)C. The van der Waals surface area contributed by atoms with Gasteiger partial charge in [0.05, 0.1) is 0 Å². The molecule has 0 aliphatic heterocycles. The number of hydrogen-bond donors (Lipinski definition) is 1. The van der Waals surface area contributed by atoms with Crippen molar-refractivity contribution in [2.45, 2.75) is 46.1 Å². The summed E-state index contributed by atoms with van der Waals surface area (Å²) in [5.41, 5.74) is 0. The molecule has 1 N–H and O–H groups in total. The summed E-state index contributed by atoms with van der Waals surface area (Å²) < 4.78 is 0. The van der Waals surface area contributed by atoms with Crippen molar-refractivity contribution < 1.29 is 0 Å². The Balaban J connectivity index is 3.67. The lowest BCUT2D eigenvalue weighted by Crippen LogP contribution is -2.41. The number of hydrogen-bond acceptors (Lipinski definition) is 3. The lowest BCUT2D eigenvalue weighted by molar-refractivity contribution is 0.204. The summed E-state index contributed by atoms with van der Waals surface area (Å²) in [6.07, 6.45) is 3.83. The third kappa shape index (κ3) is 9.57. The smallest absolute Gasteiger partial charge is 0.0192 e. The van der Waals surface area contributed by atoms with E-state index in [2.05, 4.69) is 50.0 Å². The van der Waals surface area contributed by atoms with Crippen LogP contribution in [0.2, 0.25) is 0 Å². The van der Waals surface area contributed by atoms with Crippen LogP contribution in [0.4, 0.5) is 0 Å². The van der Waals surface area contributed by atoms with E-state index >= 15 is 0 Å². The maximum absolute atomic E-state index is 3.55. The van der Waals surface area contributed by atoms with Crippen LogP contribution >= 0.6 is 0 Å². The fourth-order valence-corrected chi connectivity index (χ4v) is 2.02. The van der Waals surface area contributed by atoms with E-state index in [0.29, 0.717) is 6.04 Å². The summed E-state index contributed by atoms with van der Waals surface area (Å²) in [5.74, 6) is 0. The van der Waals surface area contributed by atoms with Gasteiger partial charge in [-0.1, -0.05) is 20.3 Å². The molecule has 0 aromatic rings. The van der Waals surface area contributed by atoms with Crippen LogP contribution in [-0.2, 0) is 0 Å². The second-order valence-electron chi connectivity index (χ2n) is 5.19. The minimum atomic E-state index is 0.652. The molecule has 17 heavy (non-hydrogen) atoms. The zero-order chi connectivity index (χ0) is 13.1. The number of unbranched alkanes of at least 4 members (excludes halogenated alkanes) is 1. The molecule has 0 aromatic carbocycles. The Labute approximate surface area is 109 Å². The van der Waals surface area contributed by atoms with Crippen molar-refractivity contribution in [1.82, 2.24) is 15.1 Å². The normalized spacial score (nSPS) is 13.6. The summed E-state index contributed by atoms with van der Waals surface area (Å²) in [6, 6.07) is 0.652. The molecule has 0 radical (unpaired) electrons. The first kappa shape index (κ1) is 16.9. The Hall–Kier alpha value is -0.120. The number of nitrogens with one attached hydrogen (secondary N) is 1. The molecule has 0 aliphatic carbocycles. The molecule has 0 saturated heterocycles. The van der Waals surface area contributed by atoms with E-state index in [4.69, 9.17) is 0 Å². The molecule has 104 valence electrons. The Kier molecular flexibility index (Phi) is 10.9. The van der Waals surface area contributed by atoms with Crippen molar-refractivity contribution in [3.63, 3.8) is 0 Å². The third-order valence-corrected chi connectivity index (χ3v) is 3.23. The third-order valence-electron chi connectivity index (χ3n) is 3.23. The van der Waals surface area contributed by atoms with Crippen LogP contribution in [0.3, 0.4) is 0 Å². The minimum Gasteiger partial charge on any atom is -0.315 e. The monoisotopic (exact) mass is 243 g/mol. The quantitative estimate of drug-likeness (QED) is 0.560. The molecular weight excluding hydrogens is 210 g/mol. The molecule has 0 spiro atoms. The first-order valence-electron chi connectivity index (χ1n) is 7.21. The Morgan fingerprint density at radius 3 is 2.29 bits per heavy atom. The van der Waals surface area contributed by atoms with Crippen LogP contribution in [0.15, 0.2) is 0 Å². The standard InChI is InChI=1S/C14H33N3/c1-6-8-10-15-13-14(3)17(7-2)12-9-11-16(4)5/h14-15H,6-13H2,1-5H3. The van der Waals surface area contributed by atoms with Crippen LogP contribution in [-0.4, -0.2) is 62.7 Å². The number of rotatable bonds is 11. The van der Waals surface area contributed by atoms with Crippen molar-refractivity contribution in [2.75, 3.05) is 46.8 Å². The van der Waals surface area contributed by atoms with E-state index in [-0.39, 0.29) is 0 Å². The topological polar surface area (TPSA) is 18.5 Å². The van der Waals surface area contributed by atoms with Gasteiger partial charge >= 0.3 is 0 Å². The van der Waals surface area contributed by atoms with E-state index in [0.717, 1.165) is 19.6 Å². The van der Waals surface area contributed by atoms with E-state index in [1.807, 2.05) is 0 Å². The molecule has 1 unspecified atom stereocenters. The molecule has 0 rings (SSSR count). The summed E-state index contributed by atoms with van der Waals surface area (Å²) in [6.45, 7) is 12.7. The molecule has 0 heterocycles. The van der Waals surface area contributed by atoms with Gasteiger partial charge < -0.3 is 10.2 Å². The van der Waals surface area contributed by atoms with E-state index in [1.165, 1.54) is 32.4 Å². The first-order chi connectivity index (χ1) is 8.11. The zero-order valence-corrected chi connectivity index (χ0v) is 12.6. The summed E-state index contributed by atoms with van der Waals surface area (Å²) in [4.78, 5) is 4.83. The molecule has 0 bridgehead atoms. The van der Waals surface area contributed by atoms with Gasteiger partial charge in [0.25, 0.3) is 0 Å². The van der Waals surface area contributed by atoms with Gasteiger partial charge in [0.15, 0.2) is 0 Å². The van der Waals surface area contributed by atoms with Crippen molar-refractivity contribution >= 4 is 0 Å². The van der Waals surface area contributed by atoms with E-state index in [1.54, 1.807) is 0 Å². The van der Waals surface area contributed by atoms with E-state index < -0.39 is 0 Å². The van der Waals surface area contributed by atoms with Gasteiger partial charge in [0.1, 0.15) is 0 Å². The predicted octanol–water partition coefficient (Wildman–Crippen LogP) is 2.04. The first-order valence-corrected chi connectivity index (χ1v) is 7.21. The maximum Gasteiger partial charge on any atom is 0.0192 e. The van der Waals surface area contributed by atoms with Crippen LogP contribution in [0.25, 0.3) is 0 Å². The van der Waals surface area contributed by atoms with Crippen LogP contribution in [0, 0.1) is 0 Å². The fourth-order valence-electron chi connectivity index (χ4n) is 2.02. The molecule has 3 nitrogen and oxygen atoms in total. The highest BCUT2D eigenvalue weighted by atomic mass is 15.2. The summed E-state index contributed by atoms with van der Waals surface area (Å²) in [5, 5.41) is 3.55. The highest BCUT2D eigenvalue weighted by Crippen LogP contribution is 2.00. The highest BCUT2D eigenvalue weighted by molar-refractivity contribution is 4.69. The van der Waals surface area contributed by atoms with Gasteiger partial charge in [-0.3, -0.25) is 4.90 Å². The van der Waals surface area contributed by atoms with Crippen molar-refractivity contribution in [2.24, 2.45) is 0 Å². The second-order valence-corrected chi connectivity index (χ2v) is 5.19. The largest absolute Gasteiger partial charge is 0.315 e. The fraction of sp³-hybridized carbons (Fsp3) is 1.00. The van der Waals surface area contributed by atoms with E-state index in [9.17, 15) is 0 Å². The highest BCUT2D eigenvalue weighted by Gasteiger charge is 2.10.